The number of halogens is 2. The summed E-state index contributed by atoms with van der Waals surface area (Å²) >= 11 is 12.4. The molecular weight excluding hydrogens is 463 g/mol. The van der Waals surface area contributed by atoms with Gasteiger partial charge in [0, 0.05) is 21.2 Å². The number of benzene rings is 2. The highest BCUT2D eigenvalue weighted by Gasteiger charge is 2.44. The maximum absolute atomic E-state index is 13.4. The van der Waals surface area contributed by atoms with Crippen LogP contribution in [0.2, 0.25) is 10.0 Å². The molecule has 6 nitrogen and oxygen atoms in total. The van der Waals surface area contributed by atoms with E-state index in [-0.39, 0.29) is 12.2 Å². The third-order valence-corrected chi connectivity index (χ3v) is 5.84. The molecule has 1 saturated carbocycles. The first kappa shape index (κ1) is 23.2. The van der Waals surface area contributed by atoms with Crippen molar-refractivity contribution < 1.29 is 19.1 Å². The minimum atomic E-state index is -0.785. The number of nitriles is 1. The van der Waals surface area contributed by atoms with Crippen molar-refractivity contribution in [2.75, 3.05) is 11.5 Å². The van der Waals surface area contributed by atoms with E-state index in [2.05, 4.69) is 6.07 Å². The summed E-state index contributed by atoms with van der Waals surface area (Å²) in [7, 11) is 0. The molecule has 1 fully saturated rings. The smallest absolute Gasteiger partial charge is 0.422 e. The fraction of sp³-hybridized carbons (Fsp3) is 0.320. The molecule has 1 aliphatic carbocycles. The molecule has 170 valence electrons. The fourth-order valence-corrected chi connectivity index (χ4v) is 3.81. The van der Waals surface area contributed by atoms with Gasteiger partial charge in [0.2, 0.25) is 0 Å². The lowest BCUT2D eigenvalue weighted by Gasteiger charge is -2.23. The van der Waals surface area contributed by atoms with Gasteiger partial charge in [-0.3, -0.25) is 4.79 Å². The molecule has 0 saturated heterocycles. The zero-order valence-corrected chi connectivity index (χ0v) is 20.0. The van der Waals surface area contributed by atoms with Gasteiger partial charge in [0.05, 0.1) is 22.7 Å². The lowest BCUT2D eigenvalue weighted by Crippen LogP contribution is -2.38. The lowest BCUT2D eigenvalue weighted by molar-refractivity contribution is -0.112. The van der Waals surface area contributed by atoms with Crippen molar-refractivity contribution in [1.82, 2.24) is 0 Å². The Bertz CT molecular complexity index is 1220. The van der Waals surface area contributed by atoms with Gasteiger partial charge in [0.15, 0.2) is 0 Å². The van der Waals surface area contributed by atoms with Crippen LogP contribution in [0.15, 0.2) is 36.4 Å². The summed E-state index contributed by atoms with van der Waals surface area (Å²) in [6, 6.07) is 12.3. The molecule has 0 atom stereocenters. The summed E-state index contributed by atoms with van der Waals surface area (Å²) in [4.78, 5) is 27.2. The number of imide groups is 1. The van der Waals surface area contributed by atoms with Gasteiger partial charge >= 0.3 is 6.09 Å². The van der Waals surface area contributed by atoms with Crippen LogP contribution < -0.4 is 9.64 Å². The average molecular weight is 485 g/mol. The van der Waals surface area contributed by atoms with E-state index in [0.29, 0.717) is 32.6 Å². The summed E-state index contributed by atoms with van der Waals surface area (Å²) in [6.45, 7) is 5.44. The van der Waals surface area contributed by atoms with Gasteiger partial charge in [-0.05, 0) is 70.0 Å². The third kappa shape index (κ3) is 4.85. The van der Waals surface area contributed by atoms with Crippen LogP contribution in [0.25, 0.3) is 11.6 Å². The molecule has 4 rings (SSSR count). The highest BCUT2D eigenvalue weighted by Crippen LogP contribution is 2.46. The Kier molecular flexibility index (Phi) is 5.90. The van der Waals surface area contributed by atoms with Crippen LogP contribution in [0, 0.1) is 16.7 Å². The third-order valence-electron chi connectivity index (χ3n) is 5.37. The largest absolute Gasteiger partial charge is 0.491 e. The summed E-state index contributed by atoms with van der Waals surface area (Å²) in [6.07, 6.45) is 2.44. The van der Waals surface area contributed by atoms with Crippen LogP contribution in [-0.2, 0) is 9.53 Å². The summed E-state index contributed by atoms with van der Waals surface area (Å²) in [5.74, 6) is -0.0458. The topological polar surface area (TPSA) is 79.6 Å². The Morgan fingerprint density at radius 3 is 2.48 bits per heavy atom. The van der Waals surface area contributed by atoms with Crippen LogP contribution in [0.5, 0.6) is 5.75 Å². The fourth-order valence-electron chi connectivity index (χ4n) is 3.47. The first-order chi connectivity index (χ1) is 15.5. The van der Waals surface area contributed by atoms with E-state index in [0.717, 1.165) is 17.7 Å². The van der Waals surface area contributed by atoms with Crippen LogP contribution in [0.1, 0.15) is 44.7 Å². The van der Waals surface area contributed by atoms with Crippen LogP contribution in [-0.4, -0.2) is 24.2 Å². The minimum absolute atomic E-state index is 0.255. The Morgan fingerprint density at radius 1 is 1.18 bits per heavy atom. The number of ether oxygens (including phenoxy) is 2. The first-order valence-corrected chi connectivity index (χ1v) is 11.2. The van der Waals surface area contributed by atoms with Gasteiger partial charge in [0.1, 0.15) is 18.0 Å². The molecule has 1 heterocycles. The number of hydrogen-bond donors (Lipinski definition) is 0. The monoisotopic (exact) mass is 484 g/mol. The zero-order chi connectivity index (χ0) is 24.0. The highest BCUT2D eigenvalue weighted by molar-refractivity contribution is 6.42. The van der Waals surface area contributed by atoms with Crippen LogP contribution in [0.4, 0.5) is 10.5 Å². The average Bonchev–Trinajstić information content (AvgIpc) is 3.46. The Balaban J connectivity index is 1.74. The minimum Gasteiger partial charge on any atom is -0.491 e. The van der Waals surface area contributed by atoms with Crippen molar-refractivity contribution >= 4 is 52.5 Å². The Morgan fingerprint density at radius 2 is 1.85 bits per heavy atom. The van der Waals surface area contributed by atoms with Crippen LogP contribution in [0.3, 0.4) is 0 Å². The van der Waals surface area contributed by atoms with Gasteiger partial charge in [-0.2, -0.15) is 5.26 Å². The molecule has 0 unspecified atom stereocenters. The molecule has 2 amide bonds. The van der Waals surface area contributed by atoms with E-state index >= 15 is 0 Å². The summed E-state index contributed by atoms with van der Waals surface area (Å²) in [5.41, 5.74) is 0.489. The Labute approximate surface area is 202 Å². The van der Waals surface area contributed by atoms with Gasteiger partial charge in [0.25, 0.3) is 5.91 Å². The maximum atomic E-state index is 13.4. The van der Waals surface area contributed by atoms with E-state index in [1.807, 2.05) is 0 Å². The molecule has 0 spiro atoms. The van der Waals surface area contributed by atoms with Crippen molar-refractivity contribution in [3.05, 3.63) is 57.6 Å². The van der Waals surface area contributed by atoms with Gasteiger partial charge < -0.3 is 9.47 Å². The van der Waals surface area contributed by atoms with Crippen molar-refractivity contribution in [1.29, 1.82) is 5.26 Å². The van der Waals surface area contributed by atoms with E-state index in [4.69, 9.17) is 32.7 Å². The number of fused-ring (bicyclic) bond motifs is 1. The van der Waals surface area contributed by atoms with Crippen molar-refractivity contribution in [2.45, 2.75) is 39.2 Å². The molecule has 8 heteroatoms. The second kappa shape index (κ2) is 8.40. The van der Waals surface area contributed by atoms with Gasteiger partial charge in [-0.25, -0.2) is 9.69 Å². The molecule has 33 heavy (non-hydrogen) atoms. The van der Waals surface area contributed by atoms with Crippen LogP contribution >= 0.6 is 23.2 Å². The number of nitrogens with zero attached hydrogens (tertiary/aromatic N) is 2. The van der Waals surface area contributed by atoms with Crippen molar-refractivity contribution in [3.63, 3.8) is 0 Å². The molecule has 2 aromatic carbocycles. The number of anilines is 1. The highest BCUT2D eigenvalue weighted by atomic mass is 35.5. The SMILES string of the molecule is CC(C)(C)OC(=O)N1C(=O)/C(=C/c2cc(Cl)ccc2OCC2(C#N)CC2)c2ccc(Cl)cc21. The van der Waals surface area contributed by atoms with Crippen molar-refractivity contribution in [3.8, 4) is 11.8 Å². The second-order valence-corrected chi connectivity index (χ2v) is 10.1. The zero-order valence-electron chi connectivity index (χ0n) is 18.4. The van der Waals surface area contributed by atoms with E-state index in [1.54, 1.807) is 63.2 Å². The van der Waals surface area contributed by atoms with E-state index < -0.39 is 23.0 Å². The Hall–Kier alpha value is -3.01. The molecular formula is C25H22Cl2N2O4. The molecule has 2 aromatic rings. The molecule has 0 radical (unpaired) electrons. The second-order valence-electron chi connectivity index (χ2n) is 9.20. The number of carbonyl (C=O) groups excluding carboxylic acids is 2. The molecule has 0 N–H and O–H groups in total. The van der Waals surface area contributed by atoms with E-state index in [9.17, 15) is 14.9 Å². The first-order valence-electron chi connectivity index (χ1n) is 10.4. The summed E-state index contributed by atoms with van der Waals surface area (Å²) < 4.78 is 11.4. The van der Waals surface area contributed by atoms with Gasteiger partial charge in [-0.15, -0.1) is 0 Å². The molecule has 2 aliphatic rings. The van der Waals surface area contributed by atoms with E-state index in [1.165, 1.54) is 0 Å². The normalized spacial score (nSPS) is 17.5. The summed E-state index contributed by atoms with van der Waals surface area (Å²) in [5, 5.41) is 10.2. The number of amides is 2. The number of hydrogen-bond acceptors (Lipinski definition) is 5. The standard InChI is InChI=1S/C25H22Cl2N2O4/c1-24(2,3)33-23(31)29-20-12-17(27)4-6-18(20)19(22(29)30)11-15-10-16(26)5-7-21(15)32-14-25(13-28)8-9-25/h4-7,10-12H,8-9,14H2,1-3H3/b19-11+. The molecule has 1 aliphatic heterocycles. The lowest BCUT2D eigenvalue weighted by atomic mass is 10.0. The quantitative estimate of drug-likeness (QED) is 0.462. The maximum Gasteiger partial charge on any atom is 0.422 e. The van der Waals surface area contributed by atoms with Gasteiger partial charge in [-0.1, -0.05) is 29.3 Å². The number of carbonyl (C=O) groups is 2. The predicted octanol–water partition coefficient (Wildman–Crippen LogP) is 6.50. The number of rotatable bonds is 4. The predicted molar refractivity (Wildman–Crippen MR) is 127 cm³/mol. The van der Waals surface area contributed by atoms with Crippen molar-refractivity contribution in [2.24, 2.45) is 5.41 Å². The molecule has 0 bridgehead atoms. The molecule has 0 aromatic heterocycles.